The van der Waals surface area contributed by atoms with Crippen LogP contribution in [-0.4, -0.2) is 29.1 Å². The van der Waals surface area contributed by atoms with Gasteiger partial charge < -0.3 is 16.0 Å². The van der Waals surface area contributed by atoms with E-state index in [-0.39, 0.29) is 0 Å². The summed E-state index contributed by atoms with van der Waals surface area (Å²) in [6, 6.07) is 10.7. The molecule has 1 aromatic carbocycles. The lowest BCUT2D eigenvalue weighted by atomic mass is 10.1. The molecule has 0 atom stereocenters. The van der Waals surface area contributed by atoms with Gasteiger partial charge in [0.25, 0.3) is 0 Å². The first-order valence-electron chi connectivity index (χ1n) is 7.42. The fraction of sp³-hybridized carbons (Fsp3) is 0.375. The molecular formula is C16H21N5. The molecule has 0 spiro atoms. The number of rotatable bonds is 4. The summed E-state index contributed by atoms with van der Waals surface area (Å²) in [5, 5.41) is 10.2. The summed E-state index contributed by atoms with van der Waals surface area (Å²) >= 11 is 0. The second kappa shape index (κ2) is 6.54. The van der Waals surface area contributed by atoms with Gasteiger partial charge in [0.2, 0.25) is 0 Å². The highest BCUT2D eigenvalue weighted by Gasteiger charge is 2.13. The number of benzene rings is 1. The summed E-state index contributed by atoms with van der Waals surface area (Å²) < 4.78 is 0. The minimum Gasteiger partial charge on any atom is -0.367 e. The van der Waals surface area contributed by atoms with Gasteiger partial charge in [-0.15, -0.1) is 0 Å². The van der Waals surface area contributed by atoms with E-state index in [4.69, 9.17) is 0 Å². The Morgan fingerprint density at radius 2 is 1.90 bits per heavy atom. The first kappa shape index (κ1) is 13.8. The lowest BCUT2D eigenvalue weighted by molar-refractivity contribution is 0.478. The number of nitrogens with one attached hydrogen (secondary N) is 3. The molecule has 1 aliphatic heterocycles. The number of aryl methyl sites for hydroxylation is 1. The average Bonchev–Trinajstić information content (AvgIpc) is 2.49. The molecular weight excluding hydrogens is 262 g/mol. The van der Waals surface area contributed by atoms with Crippen LogP contribution in [-0.2, 0) is 0 Å². The third-order valence-electron chi connectivity index (χ3n) is 3.65. The zero-order chi connectivity index (χ0) is 14.5. The first-order valence-corrected chi connectivity index (χ1v) is 7.42. The van der Waals surface area contributed by atoms with Gasteiger partial charge in [-0.25, -0.2) is 9.97 Å². The molecule has 1 aromatic heterocycles. The summed E-state index contributed by atoms with van der Waals surface area (Å²) in [4.78, 5) is 8.59. The summed E-state index contributed by atoms with van der Waals surface area (Å²) in [6.45, 7) is 4.21. The highest BCUT2D eigenvalue weighted by Crippen LogP contribution is 2.18. The van der Waals surface area contributed by atoms with Crippen molar-refractivity contribution in [2.24, 2.45) is 0 Å². The van der Waals surface area contributed by atoms with Crippen molar-refractivity contribution in [1.29, 1.82) is 0 Å². The summed E-state index contributed by atoms with van der Waals surface area (Å²) in [7, 11) is 0. The number of anilines is 3. The number of aromatic nitrogens is 2. The molecule has 1 aliphatic rings. The van der Waals surface area contributed by atoms with Crippen LogP contribution in [0.5, 0.6) is 0 Å². The second-order valence-corrected chi connectivity index (χ2v) is 5.45. The third-order valence-corrected chi connectivity index (χ3v) is 3.65. The van der Waals surface area contributed by atoms with E-state index in [9.17, 15) is 0 Å². The Morgan fingerprint density at radius 1 is 1.10 bits per heavy atom. The smallest absolute Gasteiger partial charge is 0.135 e. The molecule has 0 bridgehead atoms. The normalized spacial score (nSPS) is 15.7. The van der Waals surface area contributed by atoms with Crippen molar-refractivity contribution in [1.82, 2.24) is 15.3 Å². The van der Waals surface area contributed by atoms with Crippen LogP contribution >= 0.6 is 0 Å². The zero-order valence-electron chi connectivity index (χ0n) is 12.3. The number of piperidine rings is 1. The molecule has 0 radical (unpaired) electrons. The topological polar surface area (TPSA) is 61.9 Å². The van der Waals surface area contributed by atoms with Crippen molar-refractivity contribution in [2.75, 3.05) is 23.7 Å². The average molecular weight is 283 g/mol. The fourth-order valence-corrected chi connectivity index (χ4v) is 2.55. The minimum atomic E-state index is 0.493. The van der Waals surface area contributed by atoms with E-state index in [2.05, 4.69) is 45.0 Å². The Hall–Kier alpha value is -2.14. The van der Waals surface area contributed by atoms with Crippen molar-refractivity contribution in [3.05, 3.63) is 42.2 Å². The molecule has 1 saturated heterocycles. The molecule has 21 heavy (non-hydrogen) atoms. The molecule has 5 nitrogen and oxygen atoms in total. The largest absolute Gasteiger partial charge is 0.367 e. The van der Waals surface area contributed by atoms with Gasteiger partial charge in [-0.05, 0) is 50.6 Å². The molecule has 0 saturated carbocycles. The molecule has 5 heteroatoms. The van der Waals surface area contributed by atoms with Crippen LogP contribution in [0.25, 0.3) is 0 Å². The van der Waals surface area contributed by atoms with E-state index >= 15 is 0 Å². The van der Waals surface area contributed by atoms with Gasteiger partial charge in [-0.2, -0.15) is 0 Å². The van der Waals surface area contributed by atoms with E-state index in [1.165, 1.54) is 5.56 Å². The molecule has 3 N–H and O–H groups in total. The van der Waals surface area contributed by atoms with E-state index in [0.717, 1.165) is 43.3 Å². The van der Waals surface area contributed by atoms with Crippen molar-refractivity contribution >= 4 is 17.3 Å². The van der Waals surface area contributed by atoms with E-state index in [0.29, 0.717) is 6.04 Å². The molecule has 3 rings (SSSR count). The quantitative estimate of drug-likeness (QED) is 0.805. The standard InChI is InChI=1S/C16H21N5/c1-12-3-2-4-14(9-12)21-16-10-15(18-11-19-16)20-13-5-7-17-8-6-13/h2-4,9-11,13,17H,5-8H2,1H3,(H2,18,19,20,21). The van der Waals surface area contributed by atoms with Gasteiger partial charge in [0, 0.05) is 17.8 Å². The van der Waals surface area contributed by atoms with Crippen molar-refractivity contribution in [3.63, 3.8) is 0 Å². The molecule has 2 aromatic rings. The highest BCUT2D eigenvalue weighted by atomic mass is 15.1. The van der Waals surface area contributed by atoms with Crippen molar-refractivity contribution in [3.8, 4) is 0 Å². The van der Waals surface area contributed by atoms with Crippen molar-refractivity contribution in [2.45, 2.75) is 25.8 Å². The summed E-state index contributed by atoms with van der Waals surface area (Å²) in [5.74, 6) is 1.69. The molecule has 0 amide bonds. The fourth-order valence-electron chi connectivity index (χ4n) is 2.55. The Bertz CT molecular complexity index is 593. The van der Waals surface area contributed by atoms with Crippen LogP contribution in [0.2, 0.25) is 0 Å². The first-order chi connectivity index (χ1) is 10.3. The van der Waals surface area contributed by atoms with Gasteiger partial charge in [-0.1, -0.05) is 12.1 Å². The molecule has 1 fully saturated rings. The van der Waals surface area contributed by atoms with Crippen molar-refractivity contribution < 1.29 is 0 Å². The summed E-state index contributed by atoms with van der Waals surface area (Å²) in [6.07, 6.45) is 3.86. The monoisotopic (exact) mass is 283 g/mol. The van der Waals surface area contributed by atoms with Crippen LogP contribution in [0.15, 0.2) is 36.7 Å². The SMILES string of the molecule is Cc1cccc(Nc2cc(NC3CCNCC3)ncn2)c1. The highest BCUT2D eigenvalue weighted by molar-refractivity contribution is 5.59. The molecule has 0 aliphatic carbocycles. The Morgan fingerprint density at radius 3 is 2.71 bits per heavy atom. The maximum absolute atomic E-state index is 4.31. The van der Waals surface area contributed by atoms with Crippen LogP contribution in [0, 0.1) is 6.92 Å². The number of nitrogens with zero attached hydrogens (tertiary/aromatic N) is 2. The lowest BCUT2D eigenvalue weighted by Gasteiger charge is -2.24. The third kappa shape index (κ3) is 3.92. The second-order valence-electron chi connectivity index (χ2n) is 5.45. The minimum absolute atomic E-state index is 0.493. The Labute approximate surface area is 125 Å². The molecule has 110 valence electrons. The van der Waals surface area contributed by atoms with Gasteiger partial charge in [-0.3, -0.25) is 0 Å². The molecule has 0 unspecified atom stereocenters. The number of hydrogen-bond donors (Lipinski definition) is 3. The lowest BCUT2D eigenvalue weighted by Crippen LogP contribution is -2.35. The maximum atomic E-state index is 4.31. The van der Waals surface area contributed by atoms with Gasteiger partial charge in [0.05, 0.1) is 0 Å². The van der Waals surface area contributed by atoms with E-state index in [1.807, 2.05) is 18.2 Å². The maximum Gasteiger partial charge on any atom is 0.135 e. The number of hydrogen-bond acceptors (Lipinski definition) is 5. The van der Waals surface area contributed by atoms with E-state index in [1.54, 1.807) is 6.33 Å². The van der Waals surface area contributed by atoms with E-state index < -0.39 is 0 Å². The Balaban J connectivity index is 1.67. The van der Waals surface area contributed by atoms with Gasteiger partial charge in [0.15, 0.2) is 0 Å². The van der Waals surface area contributed by atoms with Crippen LogP contribution in [0.3, 0.4) is 0 Å². The predicted molar refractivity (Wildman–Crippen MR) is 86.0 cm³/mol. The van der Waals surface area contributed by atoms with Gasteiger partial charge in [0.1, 0.15) is 18.0 Å². The van der Waals surface area contributed by atoms with Crippen LogP contribution in [0.1, 0.15) is 18.4 Å². The van der Waals surface area contributed by atoms with Gasteiger partial charge >= 0.3 is 0 Å². The Kier molecular flexibility index (Phi) is 4.31. The zero-order valence-corrected chi connectivity index (χ0v) is 12.3. The van der Waals surface area contributed by atoms with Crippen LogP contribution in [0.4, 0.5) is 17.3 Å². The molecule has 2 heterocycles. The van der Waals surface area contributed by atoms with Crippen LogP contribution < -0.4 is 16.0 Å². The summed E-state index contributed by atoms with van der Waals surface area (Å²) in [5.41, 5.74) is 2.27. The predicted octanol–water partition coefficient (Wildman–Crippen LogP) is 2.69.